The van der Waals surface area contributed by atoms with E-state index in [1.807, 2.05) is 24.1 Å². The first kappa shape index (κ1) is 9.79. The van der Waals surface area contributed by atoms with Gasteiger partial charge < -0.3 is 0 Å². The third kappa shape index (κ3) is 4.65. The number of hydrogen-bond donors (Lipinski definition) is 0. The Labute approximate surface area is 67.9 Å². The van der Waals surface area contributed by atoms with E-state index in [0.717, 1.165) is 18.8 Å². The van der Waals surface area contributed by atoms with E-state index in [-0.39, 0.29) is 0 Å². The van der Waals surface area contributed by atoms with Gasteiger partial charge in [0.25, 0.3) is 0 Å². The van der Waals surface area contributed by atoms with Gasteiger partial charge in [-0.1, -0.05) is 31.0 Å². The van der Waals surface area contributed by atoms with Crippen molar-refractivity contribution < 1.29 is 0 Å². The zero-order valence-electron chi connectivity index (χ0n) is 6.55. The van der Waals surface area contributed by atoms with Crippen molar-refractivity contribution in [3.63, 3.8) is 0 Å². The standard InChI is InChI=1S/C8H15NS/c1-4-7-9(8-5-2)10-6-3/h4-5H,1-2,6-8H2,3H3. The molecule has 0 saturated heterocycles. The van der Waals surface area contributed by atoms with Gasteiger partial charge >= 0.3 is 0 Å². The molecule has 0 unspecified atom stereocenters. The molecule has 2 heteroatoms. The van der Waals surface area contributed by atoms with Gasteiger partial charge in [-0.3, -0.25) is 0 Å². The van der Waals surface area contributed by atoms with E-state index in [1.165, 1.54) is 0 Å². The van der Waals surface area contributed by atoms with Crippen LogP contribution < -0.4 is 0 Å². The maximum Gasteiger partial charge on any atom is 0.0271 e. The van der Waals surface area contributed by atoms with Crippen molar-refractivity contribution in [2.24, 2.45) is 0 Å². The molecule has 0 heterocycles. The van der Waals surface area contributed by atoms with Crippen molar-refractivity contribution in [3.05, 3.63) is 25.3 Å². The highest BCUT2D eigenvalue weighted by Crippen LogP contribution is 2.07. The molecule has 0 radical (unpaired) electrons. The molecule has 0 aromatic rings. The molecule has 0 fully saturated rings. The zero-order chi connectivity index (χ0) is 7.82. The van der Waals surface area contributed by atoms with Crippen LogP contribution >= 0.6 is 11.9 Å². The Morgan fingerprint density at radius 2 is 1.80 bits per heavy atom. The molecule has 0 amide bonds. The van der Waals surface area contributed by atoms with Crippen LogP contribution in [-0.2, 0) is 0 Å². The van der Waals surface area contributed by atoms with Crippen molar-refractivity contribution in [3.8, 4) is 0 Å². The molecule has 0 saturated carbocycles. The Kier molecular flexibility index (Phi) is 6.76. The van der Waals surface area contributed by atoms with E-state index in [4.69, 9.17) is 0 Å². The predicted molar refractivity (Wildman–Crippen MR) is 50.1 cm³/mol. The average molecular weight is 157 g/mol. The molecular weight excluding hydrogens is 142 g/mol. The Morgan fingerprint density at radius 1 is 1.30 bits per heavy atom. The first-order valence-electron chi connectivity index (χ1n) is 3.44. The van der Waals surface area contributed by atoms with Crippen molar-refractivity contribution in [2.45, 2.75) is 6.92 Å². The third-order valence-electron chi connectivity index (χ3n) is 0.977. The zero-order valence-corrected chi connectivity index (χ0v) is 7.36. The molecule has 10 heavy (non-hydrogen) atoms. The van der Waals surface area contributed by atoms with Gasteiger partial charge in [-0.15, -0.1) is 13.2 Å². The molecule has 0 atom stereocenters. The molecule has 0 spiro atoms. The minimum atomic E-state index is 0.935. The van der Waals surface area contributed by atoms with E-state index in [2.05, 4.69) is 24.4 Å². The topological polar surface area (TPSA) is 3.24 Å². The van der Waals surface area contributed by atoms with E-state index in [9.17, 15) is 0 Å². The number of hydrogen-bond acceptors (Lipinski definition) is 2. The van der Waals surface area contributed by atoms with Crippen molar-refractivity contribution in [1.82, 2.24) is 4.31 Å². The summed E-state index contributed by atoms with van der Waals surface area (Å²) < 4.78 is 2.22. The minimum Gasteiger partial charge on any atom is -0.243 e. The van der Waals surface area contributed by atoms with Crippen LogP contribution in [0.5, 0.6) is 0 Å². The molecule has 0 aliphatic heterocycles. The first-order valence-corrected chi connectivity index (χ1v) is 4.39. The molecule has 0 bridgehead atoms. The summed E-state index contributed by atoms with van der Waals surface area (Å²) in [5.74, 6) is 1.11. The summed E-state index contributed by atoms with van der Waals surface area (Å²) in [6.07, 6.45) is 3.82. The second kappa shape index (κ2) is 6.90. The first-order chi connectivity index (χ1) is 4.85. The summed E-state index contributed by atoms with van der Waals surface area (Å²) in [7, 11) is 0. The molecule has 0 N–H and O–H groups in total. The Morgan fingerprint density at radius 3 is 2.10 bits per heavy atom. The lowest BCUT2D eigenvalue weighted by atomic mass is 10.5. The van der Waals surface area contributed by atoms with Gasteiger partial charge in [0.15, 0.2) is 0 Å². The summed E-state index contributed by atoms with van der Waals surface area (Å²) in [6, 6.07) is 0. The maximum atomic E-state index is 3.68. The summed E-state index contributed by atoms with van der Waals surface area (Å²) in [5, 5.41) is 0. The van der Waals surface area contributed by atoms with Gasteiger partial charge in [0.1, 0.15) is 0 Å². The van der Waals surface area contributed by atoms with E-state index in [1.54, 1.807) is 0 Å². The SMILES string of the molecule is C=CCN(CC=C)SCC. The fraction of sp³-hybridized carbons (Fsp3) is 0.500. The molecule has 58 valence electrons. The molecule has 0 aliphatic rings. The highest BCUT2D eigenvalue weighted by Gasteiger charge is 1.96. The monoisotopic (exact) mass is 157 g/mol. The highest BCUT2D eigenvalue weighted by molar-refractivity contribution is 7.96. The molecule has 0 aliphatic carbocycles. The molecule has 0 aromatic carbocycles. The molecule has 0 rings (SSSR count). The third-order valence-corrected chi connectivity index (χ3v) is 1.90. The molecule has 1 nitrogen and oxygen atoms in total. The molecule has 0 aromatic heterocycles. The van der Waals surface area contributed by atoms with Crippen molar-refractivity contribution >= 4 is 11.9 Å². The fourth-order valence-electron chi connectivity index (χ4n) is 0.651. The van der Waals surface area contributed by atoms with Crippen LogP contribution in [0.25, 0.3) is 0 Å². The minimum absolute atomic E-state index is 0.935. The lowest BCUT2D eigenvalue weighted by molar-refractivity contribution is 0.580. The van der Waals surface area contributed by atoms with Crippen LogP contribution in [0.1, 0.15) is 6.92 Å². The summed E-state index contributed by atoms with van der Waals surface area (Å²) in [5.41, 5.74) is 0. The van der Waals surface area contributed by atoms with Crippen molar-refractivity contribution in [1.29, 1.82) is 0 Å². The fourth-order valence-corrected chi connectivity index (χ4v) is 1.44. The largest absolute Gasteiger partial charge is 0.243 e. The second-order valence-corrected chi connectivity index (χ2v) is 3.19. The van der Waals surface area contributed by atoms with Gasteiger partial charge in [-0.25, -0.2) is 4.31 Å². The second-order valence-electron chi connectivity index (χ2n) is 1.84. The predicted octanol–water partition coefficient (Wildman–Crippen LogP) is 2.33. The van der Waals surface area contributed by atoms with Gasteiger partial charge in [-0.05, 0) is 0 Å². The number of nitrogens with zero attached hydrogens (tertiary/aromatic N) is 1. The normalized spacial score (nSPS) is 9.80. The van der Waals surface area contributed by atoms with Crippen LogP contribution in [0.4, 0.5) is 0 Å². The van der Waals surface area contributed by atoms with Gasteiger partial charge in [-0.2, -0.15) is 0 Å². The quantitative estimate of drug-likeness (QED) is 0.430. The van der Waals surface area contributed by atoms with Crippen LogP contribution in [0.2, 0.25) is 0 Å². The van der Waals surface area contributed by atoms with Gasteiger partial charge in [0.05, 0.1) is 0 Å². The van der Waals surface area contributed by atoms with E-state index < -0.39 is 0 Å². The lowest BCUT2D eigenvalue weighted by Crippen LogP contribution is -2.15. The van der Waals surface area contributed by atoms with Gasteiger partial charge in [0, 0.05) is 18.8 Å². The summed E-state index contributed by atoms with van der Waals surface area (Å²) in [6.45, 7) is 11.4. The smallest absolute Gasteiger partial charge is 0.0271 e. The van der Waals surface area contributed by atoms with Crippen LogP contribution in [0.3, 0.4) is 0 Å². The Balaban J connectivity index is 3.48. The van der Waals surface area contributed by atoms with Crippen LogP contribution in [0.15, 0.2) is 25.3 Å². The van der Waals surface area contributed by atoms with Crippen molar-refractivity contribution in [2.75, 3.05) is 18.8 Å². The Bertz CT molecular complexity index is 91.4. The lowest BCUT2D eigenvalue weighted by Gasteiger charge is -2.15. The maximum absolute atomic E-state index is 3.68. The summed E-state index contributed by atoms with van der Waals surface area (Å²) in [4.78, 5) is 0. The summed E-state index contributed by atoms with van der Waals surface area (Å²) >= 11 is 1.82. The average Bonchev–Trinajstić information content (AvgIpc) is 1.90. The van der Waals surface area contributed by atoms with E-state index in [0.29, 0.717) is 0 Å². The van der Waals surface area contributed by atoms with E-state index >= 15 is 0 Å². The number of rotatable bonds is 6. The van der Waals surface area contributed by atoms with Gasteiger partial charge in [0.2, 0.25) is 0 Å². The molecular formula is C8H15NS. The van der Waals surface area contributed by atoms with Crippen LogP contribution in [0, 0.1) is 0 Å². The highest BCUT2D eigenvalue weighted by atomic mass is 32.2. The van der Waals surface area contributed by atoms with Crippen LogP contribution in [-0.4, -0.2) is 23.1 Å². The Hall–Kier alpha value is -0.210.